The Kier molecular flexibility index (Phi) is 6.58. The van der Waals surface area contributed by atoms with E-state index in [2.05, 4.69) is 10.5 Å². The van der Waals surface area contributed by atoms with E-state index in [-0.39, 0.29) is 12.5 Å². The molecule has 0 aliphatic rings. The van der Waals surface area contributed by atoms with E-state index in [0.29, 0.717) is 11.5 Å². The van der Waals surface area contributed by atoms with Crippen LogP contribution in [0.2, 0.25) is 0 Å². The average Bonchev–Trinajstić information content (AvgIpc) is 2.61. The van der Waals surface area contributed by atoms with E-state index in [1.165, 1.54) is 0 Å². The van der Waals surface area contributed by atoms with Crippen molar-refractivity contribution in [1.82, 2.24) is 5.43 Å². The van der Waals surface area contributed by atoms with Gasteiger partial charge in [0.1, 0.15) is 0 Å². The summed E-state index contributed by atoms with van der Waals surface area (Å²) in [6.07, 6.45) is 3.56. The van der Waals surface area contributed by atoms with Crippen LogP contribution in [-0.2, 0) is 4.79 Å². The topological polar surface area (TPSA) is 59.9 Å². The summed E-state index contributed by atoms with van der Waals surface area (Å²) >= 11 is 0. The maximum Gasteiger partial charge on any atom is 0.277 e. The van der Waals surface area contributed by atoms with Crippen LogP contribution < -0.4 is 14.9 Å². The molecule has 0 heterocycles. The molecule has 0 radical (unpaired) electrons. The molecule has 0 unspecified atom stereocenters. The Labute approximate surface area is 141 Å². The molecule has 1 amide bonds. The average molecular weight is 324 g/mol. The fourth-order valence-electron chi connectivity index (χ4n) is 1.97. The third kappa shape index (κ3) is 5.61. The molecule has 0 aliphatic carbocycles. The Morgan fingerprint density at radius 2 is 1.75 bits per heavy atom. The molecule has 5 nitrogen and oxygen atoms in total. The SMILES string of the molecule is COc1ccccc1OCC(=O)N/N=C\C(C)=C/c1ccccc1. The van der Waals surface area contributed by atoms with Crippen molar-refractivity contribution in [2.75, 3.05) is 13.7 Å². The number of para-hydroxylation sites is 2. The van der Waals surface area contributed by atoms with Crippen LogP contribution >= 0.6 is 0 Å². The van der Waals surface area contributed by atoms with Crippen molar-refractivity contribution in [1.29, 1.82) is 0 Å². The van der Waals surface area contributed by atoms with Crippen LogP contribution in [0.3, 0.4) is 0 Å². The molecule has 0 spiro atoms. The number of nitrogens with zero attached hydrogens (tertiary/aromatic N) is 1. The lowest BCUT2D eigenvalue weighted by Crippen LogP contribution is -2.24. The van der Waals surface area contributed by atoms with Crippen LogP contribution in [0.5, 0.6) is 11.5 Å². The lowest BCUT2D eigenvalue weighted by atomic mass is 10.1. The highest BCUT2D eigenvalue weighted by atomic mass is 16.5. The summed E-state index contributed by atoms with van der Waals surface area (Å²) in [5, 5.41) is 3.92. The van der Waals surface area contributed by atoms with Crippen molar-refractivity contribution in [2.45, 2.75) is 6.92 Å². The maximum absolute atomic E-state index is 11.7. The number of rotatable bonds is 7. The number of amides is 1. The fourth-order valence-corrected chi connectivity index (χ4v) is 1.97. The molecule has 124 valence electrons. The molecular weight excluding hydrogens is 304 g/mol. The molecular formula is C19H20N2O3. The number of carbonyl (C=O) groups excluding carboxylic acids is 1. The van der Waals surface area contributed by atoms with Crippen molar-refractivity contribution in [3.63, 3.8) is 0 Å². The third-order valence-electron chi connectivity index (χ3n) is 3.08. The van der Waals surface area contributed by atoms with E-state index >= 15 is 0 Å². The minimum Gasteiger partial charge on any atom is -0.493 e. The maximum atomic E-state index is 11.7. The second-order valence-corrected chi connectivity index (χ2v) is 5.03. The van der Waals surface area contributed by atoms with Gasteiger partial charge in [0.05, 0.1) is 13.3 Å². The molecule has 2 aromatic carbocycles. The smallest absolute Gasteiger partial charge is 0.277 e. The monoisotopic (exact) mass is 324 g/mol. The number of hydrogen-bond donors (Lipinski definition) is 1. The predicted molar refractivity (Wildman–Crippen MR) is 95.2 cm³/mol. The first-order chi connectivity index (χ1) is 11.7. The third-order valence-corrected chi connectivity index (χ3v) is 3.08. The lowest BCUT2D eigenvalue weighted by Gasteiger charge is -2.09. The van der Waals surface area contributed by atoms with Crippen LogP contribution in [0.25, 0.3) is 6.08 Å². The van der Waals surface area contributed by atoms with Crippen LogP contribution in [0.15, 0.2) is 65.3 Å². The van der Waals surface area contributed by atoms with Crippen LogP contribution in [0, 0.1) is 0 Å². The highest BCUT2D eigenvalue weighted by Crippen LogP contribution is 2.25. The molecule has 0 bridgehead atoms. The van der Waals surface area contributed by atoms with Gasteiger partial charge in [-0.15, -0.1) is 0 Å². The van der Waals surface area contributed by atoms with Crippen molar-refractivity contribution in [3.05, 3.63) is 65.7 Å². The first-order valence-corrected chi connectivity index (χ1v) is 7.50. The van der Waals surface area contributed by atoms with Crippen molar-refractivity contribution >= 4 is 18.2 Å². The summed E-state index contributed by atoms with van der Waals surface area (Å²) < 4.78 is 10.6. The van der Waals surface area contributed by atoms with E-state index in [0.717, 1.165) is 11.1 Å². The molecule has 24 heavy (non-hydrogen) atoms. The van der Waals surface area contributed by atoms with E-state index < -0.39 is 0 Å². The zero-order valence-electron chi connectivity index (χ0n) is 13.7. The molecule has 0 saturated carbocycles. The van der Waals surface area contributed by atoms with Gasteiger partial charge in [-0.05, 0) is 30.2 Å². The highest BCUT2D eigenvalue weighted by Gasteiger charge is 2.05. The number of hydrazone groups is 1. The molecule has 2 rings (SSSR count). The summed E-state index contributed by atoms with van der Waals surface area (Å²) in [6, 6.07) is 17.0. The van der Waals surface area contributed by atoms with Crippen LogP contribution in [0.4, 0.5) is 0 Å². The second-order valence-electron chi connectivity index (χ2n) is 5.03. The number of ether oxygens (including phenoxy) is 2. The number of nitrogens with one attached hydrogen (secondary N) is 1. The van der Waals surface area contributed by atoms with Crippen LogP contribution in [-0.4, -0.2) is 25.8 Å². The quantitative estimate of drug-likeness (QED) is 0.628. The zero-order chi connectivity index (χ0) is 17.2. The summed E-state index contributed by atoms with van der Waals surface area (Å²) in [5.41, 5.74) is 4.43. The van der Waals surface area contributed by atoms with Gasteiger partial charge in [-0.2, -0.15) is 5.10 Å². The first kappa shape index (κ1) is 17.3. The van der Waals surface area contributed by atoms with Gasteiger partial charge >= 0.3 is 0 Å². The minimum absolute atomic E-state index is 0.140. The molecule has 0 fully saturated rings. The van der Waals surface area contributed by atoms with E-state index in [1.807, 2.05) is 55.5 Å². The Hall–Kier alpha value is -3.08. The minimum atomic E-state index is -0.343. The summed E-state index contributed by atoms with van der Waals surface area (Å²) in [6.45, 7) is 1.77. The second kappa shape index (κ2) is 9.15. The molecule has 0 atom stereocenters. The van der Waals surface area contributed by atoms with Gasteiger partial charge in [-0.3, -0.25) is 4.79 Å². The summed E-state index contributed by atoms with van der Waals surface area (Å²) in [4.78, 5) is 11.7. The molecule has 1 N–H and O–H groups in total. The standard InChI is InChI=1S/C19H20N2O3/c1-15(12-16-8-4-3-5-9-16)13-20-21-19(22)14-24-18-11-7-6-10-17(18)23-2/h3-13H,14H2,1-2H3,(H,21,22)/b15-12-,20-13-. The Balaban J connectivity index is 1.81. The number of benzene rings is 2. The number of hydrogen-bond acceptors (Lipinski definition) is 4. The number of carbonyl (C=O) groups is 1. The van der Waals surface area contributed by atoms with Gasteiger partial charge in [0.25, 0.3) is 5.91 Å². The van der Waals surface area contributed by atoms with Crippen LogP contribution in [0.1, 0.15) is 12.5 Å². The van der Waals surface area contributed by atoms with Gasteiger partial charge in [-0.1, -0.05) is 48.5 Å². The van der Waals surface area contributed by atoms with Gasteiger partial charge in [0.2, 0.25) is 0 Å². The van der Waals surface area contributed by atoms with Crippen molar-refractivity contribution in [3.8, 4) is 11.5 Å². The molecule has 2 aromatic rings. The fraction of sp³-hybridized carbons (Fsp3) is 0.158. The molecule has 5 heteroatoms. The zero-order valence-corrected chi connectivity index (χ0v) is 13.7. The highest BCUT2D eigenvalue weighted by molar-refractivity contribution is 5.86. The van der Waals surface area contributed by atoms with Crippen molar-refractivity contribution < 1.29 is 14.3 Å². The predicted octanol–water partition coefficient (Wildman–Crippen LogP) is 3.28. The molecule has 0 aromatic heterocycles. The Morgan fingerprint density at radius 3 is 2.46 bits per heavy atom. The van der Waals surface area contributed by atoms with Gasteiger partial charge < -0.3 is 9.47 Å². The van der Waals surface area contributed by atoms with Crippen molar-refractivity contribution in [2.24, 2.45) is 5.10 Å². The van der Waals surface area contributed by atoms with Gasteiger partial charge in [0.15, 0.2) is 18.1 Å². The normalized spacial score (nSPS) is 11.3. The first-order valence-electron chi connectivity index (χ1n) is 7.50. The van der Waals surface area contributed by atoms with E-state index in [4.69, 9.17) is 9.47 Å². The van der Waals surface area contributed by atoms with E-state index in [1.54, 1.807) is 25.5 Å². The Morgan fingerprint density at radius 1 is 1.08 bits per heavy atom. The Bertz CT molecular complexity index is 724. The summed E-state index contributed by atoms with van der Waals surface area (Å²) in [7, 11) is 1.55. The molecule has 0 saturated heterocycles. The van der Waals surface area contributed by atoms with Gasteiger partial charge in [0, 0.05) is 0 Å². The summed E-state index contributed by atoms with van der Waals surface area (Å²) in [5.74, 6) is 0.749. The van der Waals surface area contributed by atoms with Gasteiger partial charge in [-0.25, -0.2) is 5.43 Å². The number of methoxy groups -OCH3 is 1. The van der Waals surface area contributed by atoms with E-state index in [9.17, 15) is 4.79 Å². The largest absolute Gasteiger partial charge is 0.493 e. The molecule has 0 aliphatic heterocycles. The number of allylic oxidation sites excluding steroid dienone is 1. The lowest BCUT2D eigenvalue weighted by molar-refractivity contribution is -0.123.